The minimum absolute atomic E-state index is 0.431. The lowest BCUT2D eigenvalue weighted by Crippen LogP contribution is -2.21. The highest BCUT2D eigenvalue weighted by molar-refractivity contribution is 5.15. The smallest absolute Gasteiger partial charge is 0.0537 e. The summed E-state index contributed by atoms with van der Waals surface area (Å²) < 4.78 is 2.05. The highest BCUT2D eigenvalue weighted by atomic mass is 15.3. The molecule has 2 rings (SSSR count). The summed E-state index contributed by atoms with van der Waals surface area (Å²) in [5.41, 5.74) is 2.66. The Morgan fingerprint density at radius 3 is 2.70 bits per heavy atom. The van der Waals surface area contributed by atoms with Gasteiger partial charge in [-0.3, -0.25) is 4.68 Å². The second-order valence-electron chi connectivity index (χ2n) is 5.19. The maximum atomic E-state index is 4.48. The summed E-state index contributed by atoms with van der Waals surface area (Å²) in [6, 6.07) is 11.0. The van der Waals surface area contributed by atoms with E-state index in [1.165, 1.54) is 17.5 Å². The van der Waals surface area contributed by atoms with Gasteiger partial charge in [0.1, 0.15) is 0 Å². The summed E-state index contributed by atoms with van der Waals surface area (Å²) >= 11 is 0. The van der Waals surface area contributed by atoms with Crippen molar-refractivity contribution < 1.29 is 0 Å². The average Bonchev–Trinajstić information content (AvgIpc) is 2.96. The van der Waals surface area contributed by atoms with E-state index in [0.29, 0.717) is 6.04 Å². The summed E-state index contributed by atoms with van der Waals surface area (Å²) in [7, 11) is 0. The Bertz CT molecular complexity index is 490. The molecule has 3 heteroatoms. The van der Waals surface area contributed by atoms with Gasteiger partial charge in [0.05, 0.1) is 6.20 Å². The standard InChI is InChI=1S/C17H25N3/c1-3-11-18-17(4-2)16-13-19-20(14-16)12-10-15-8-6-5-7-9-15/h5-9,13-14,17-18H,3-4,10-12H2,1-2H3. The van der Waals surface area contributed by atoms with Crippen LogP contribution in [0.1, 0.15) is 43.9 Å². The molecule has 1 aromatic carbocycles. The predicted molar refractivity (Wildman–Crippen MR) is 83.7 cm³/mol. The zero-order valence-electron chi connectivity index (χ0n) is 12.5. The monoisotopic (exact) mass is 271 g/mol. The summed E-state index contributed by atoms with van der Waals surface area (Å²) in [5.74, 6) is 0. The maximum Gasteiger partial charge on any atom is 0.0537 e. The van der Waals surface area contributed by atoms with Gasteiger partial charge < -0.3 is 5.32 Å². The van der Waals surface area contributed by atoms with E-state index in [9.17, 15) is 0 Å². The number of rotatable bonds is 8. The molecule has 1 unspecified atom stereocenters. The van der Waals surface area contributed by atoms with Crippen LogP contribution in [0.4, 0.5) is 0 Å². The molecule has 0 bridgehead atoms. The van der Waals surface area contributed by atoms with Crippen molar-refractivity contribution in [1.29, 1.82) is 0 Å². The third kappa shape index (κ3) is 4.20. The number of aryl methyl sites for hydroxylation is 2. The van der Waals surface area contributed by atoms with Gasteiger partial charge in [-0.25, -0.2) is 0 Å². The zero-order chi connectivity index (χ0) is 14.2. The van der Waals surface area contributed by atoms with Gasteiger partial charge in [0, 0.05) is 24.3 Å². The Labute approximate surface area is 122 Å². The average molecular weight is 271 g/mol. The Balaban J connectivity index is 1.91. The van der Waals surface area contributed by atoms with Crippen LogP contribution in [-0.2, 0) is 13.0 Å². The summed E-state index contributed by atoms with van der Waals surface area (Å²) in [6.45, 7) is 6.42. The molecule has 2 aromatic rings. The molecular formula is C17H25N3. The van der Waals surface area contributed by atoms with Crippen molar-refractivity contribution >= 4 is 0 Å². The van der Waals surface area contributed by atoms with Crippen LogP contribution >= 0.6 is 0 Å². The first-order valence-corrected chi connectivity index (χ1v) is 7.63. The second kappa shape index (κ2) is 7.85. The van der Waals surface area contributed by atoms with Crippen molar-refractivity contribution in [3.63, 3.8) is 0 Å². The van der Waals surface area contributed by atoms with Crippen molar-refractivity contribution in [3.8, 4) is 0 Å². The number of nitrogens with zero attached hydrogens (tertiary/aromatic N) is 2. The Morgan fingerprint density at radius 2 is 2.00 bits per heavy atom. The normalized spacial score (nSPS) is 12.5. The molecule has 0 amide bonds. The highest BCUT2D eigenvalue weighted by Gasteiger charge is 2.10. The Hall–Kier alpha value is -1.61. The Kier molecular flexibility index (Phi) is 5.81. The number of hydrogen-bond acceptors (Lipinski definition) is 2. The molecule has 0 fully saturated rings. The molecule has 0 saturated heterocycles. The molecule has 0 radical (unpaired) electrons. The maximum absolute atomic E-state index is 4.48. The fraction of sp³-hybridized carbons (Fsp3) is 0.471. The molecule has 1 heterocycles. The minimum atomic E-state index is 0.431. The minimum Gasteiger partial charge on any atom is -0.310 e. The van der Waals surface area contributed by atoms with E-state index < -0.39 is 0 Å². The first-order chi connectivity index (χ1) is 9.83. The number of hydrogen-bond donors (Lipinski definition) is 1. The number of benzene rings is 1. The second-order valence-corrected chi connectivity index (χ2v) is 5.19. The fourth-order valence-corrected chi connectivity index (χ4v) is 2.39. The van der Waals surface area contributed by atoms with Crippen LogP contribution in [-0.4, -0.2) is 16.3 Å². The molecule has 0 spiro atoms. The SMILES string of the molecule is CCCNC(CC)c1cnn(CCc2ccccc2)c1. The molecule has 0 aliphatic rings. The van der Waals surface area contributed by atoms with Crippen molar-refractivity contribution in [2.24, 2.45) is 0 Å². The van der Waals surface area contributed by atoms with Crippen LogP contribution in [0, 0.1) is 0 Å². The summed E-state index contributed by atoms with van der Waals surface area (Å²) in [5, 5.41) is 8.05. The van der Waals surface area contributed by atoms with E-state index in [-0.39, 0.29) is 0 Å². The molecule has 20 heavy (non-hydrogen) atoms. The predicted octanol–water partition coefficient (Wildman–Crippen LogP) is 3.58. The highest BCUT2D eigenvalue weighted by Crippen LogP contribution is 2.15. The van der Waals surface area contributed by atoms with E-state index in [4.69, 9.17) is 0 Å². The van der Waals surface area contributed by atoms with Crippen LogP contribution in [0.2, 0.25) is 0 Å². The van der Waals surface area contributed by atoms with Crippen molar-refractivity contribution in [3.05, 3.63) is 53.9 Å². The topological polar surface area (TPSA) is 29.9 Å². The van der Waals surface area contributed by atoms with Crippen LogP contribution in [0.3, 0.4) is 0 Å². The molecule has 1 N–H and O–H groups in total. The van der Waals surface area contributed by atoms with Crippen LogP contribution in [0.15, 0.2) is 42.7 Å². The van der Waals surface area contributed by atoms with E-state index in [0.717, 1.165) is 25.9 Å². The van der Waals surface area contributed by atoms with E-state index in [2.05, 4.69) is 65.5 Å². The van der Waals surface area contributed by atoms with Crippen LogP contribution in [0.5, 0.6) is 0 Å². The first kappa shape index (κ1) is 14.8. The van der Waals surface area contributed by atoms with Gasteiger partial charge >= 0.3 is 0 Å². The van der Waals surface area contributed by atoms with Crippen LogP contribution < -0.4 is 5.32 Å². The summed E-state index contributed by atoms with van der Waals surface area (Å²) in [6.07, 6.45) is 7.48. The molecule has 1 atom stereocenters. The largest absolute Gasteiger partial charge is 0.310 e. The molecule has 0 aliphatic heterocycles. The quantitative estimate of drug-likeness (QED) is 0.795. The number of aromatic nitrogens is 2. The van der Waals surface area contributed by atoms with E-state index in [1.54, 1.807) is 0 Å². The molecule has 3 nitrogen and oxygen atoms in total. The van der Waals surface area contributed by atoms with Crippen molar-refractivity contribution in [2.45, 2.75) is 45.7 Å². The van der Waals surface area contributed by atoms with Crippen LogP contribution in [0.25, 0.3) is 0 Å². The summed E-state index contributed by atoms with van der Waals surface area (Å²) in [4.78, 5) is 0. The van der Waals surface area contributed by atoms with Crippen molar-refractivity contribution in [2.75, 3.05) is 6.54 Å². The lowest BCUT2D eigenvalue weighted by Gasteiger charge is -2.14. The lowest BCUT2D eigenvalue weighted by molar-refractivity contribution is 0.517. The zero-order valence-corrected chi connectivity index (χ0v) is 12.5. The van der Waals surface area contributed by atoms with Crippen molar-refractivity contribution in [1.82, 2.24) is 15.1 Å². The third-order valence-electron chi connectivity index (χ3n) is 3.58. The molecule has 0 saturated carbocycles. The molecule has 108 valence electrons. The fourth-order valence-electron chi connectivity index (χ4n) is 2.39. The van der Waals surface area contributed by atoms with Gasteiger partial charge in [-0.05, 0) is 31.4 Å². The first-order valence-electron chi connectivity index (χ1n) is 7.63. The van der Waals surface area contributed by atoms with E-state index in [1.807, 2.05) is 6.20 Å². The van der Waals surface area contributed by atoms with Gasteiger partial charge in [-0.2, -0.15) is 5.10 Å². The van der Waals surface area contributed by atoms with E-state index >= 15 is 0 Å². The lowest BCUT2D eigenvalue weighted by atomic mass is 10.1. The number of nitrogens with one attached hydrogen (secondary N) is 1. The van der Waals surface area contributed by atoms with Gasteiger partial charge in [-0.15, -0.1) is 0 Å². The molecular weight excluding hydrogens is 246 g/mol. The van der Waals surface area contributed by atoms with Gasteiger partial charge in [0.2, 0.25) is 0 Å². The van der Waals surface area contributed by atoms with Gasteiger partial charge in [-0.1, -0.05) is 44.2 Å². The van der Waals surface area contributed by atoms with Gasteiger partial charge in [0.15, 0.2) is 0 Å². The molecule has 0 aliphatic carbocycles. The van der Waals surface area contributed by atoms with Gasteiger partial charge in [0.25, 0.3) is 0 Å². The third-order valence-corrected chi connectivity index (χ3v) is 3.58. The Morgan fingerprint density at radius 1 is 1.20 bits per heavy atom. The molecule has 1 aromatic heterocycles.